The van der Waals surface area contributed by atoms with E-state index in [4.69, 9.17) is 9.31 Å². The van der Waals surface area contributed by atoms with E-state index in [9.17, 15) is 0 Å². The maximum Gasteiger partial charge on any atom is 0.624 e. The number of allylic oxidation sites excluding steroid dienone is 1. The normalized spacial score (nSPS) is 13.8. The average Bonchev–Trinajstić information content (AvgIpc) is 2.67. The first-order valence-electron chi connectivity index (χ1n) is 5.49. The molecule has 1 heterocycles. The van der Waals surface area contributed by atoms with Crippen molar-refractivity contribution >= 4 is 7.12 Å². The lowest BCUT2D eigenvalue weighted by molar-refractivity contribution is 0.517. The Balaban J connectivity index is 1.87. The fourth-order valence-electron chi connectivity index (χ4n) is 1.53. The van der Waals surface area contributed by atoms with Crippen LogP contribution in [0.5, 0.6) is 11.5 Å². The quantitative estimate of drug-likeness (QED) is 0.551. The van der Waals surface area contributed by atoms with Crippen LogP contribution >= 0.6 is 0 Å². The van der Waals surface area contributed by atoms with E-state index >= 15 is 0 Å². The zero-order chi connectivity index (χ0) is 10.5. The fraction of sp³-hybridized carbons (Fsp3) is 0.333. The van der Waals surface area contributed by atoms with Crippen molar-refractivity contribution < 1.29 is 9.31 Å². The molecule has 2 nitrogen and oxygen atoms in total. The Morgan fingerprint density at radius 2 is 1.87 bits per heavy atom. The highest BCUT2D eigenvalue weighted by Crippen LogP contribution is 2.32. The minimum absolute atomic E-state index is 0.237. The number of rotatable bonds is 4. The summed E-state index contributed by atoms with van der Waals surface area (Å²) in [4.78, 5) is 0. The second-order valence-corrected chi connectivity index (χ2v) is 3.62. The molecule has 0 saturated heterocycles. The van der Waals surface area contributed by atoms with Gasteiger partial charge in [0.2, 0.25) is 0 Å². The van der Waals surface area contributed by atoms with E-state index in [1.807, 2.05) is 30.2 Å². The summed E-state index contributed by atoms with van der Waals surface area (Å²) < 4.78 is 11.2. The minimum Gasteiger partial charge on any atom is -0.520 e. The largest absolute Gasteiger partial charge is 0.624 e. The van der Waals surface area contributed by atoms with Crippen LogP contribution in [0.4, 0.5) is 0 Å². The number of para-hydroxylation sites is 2. The topological polar surface area (TPSA) is 18.5 Å². The number of fused-ring (bicyclic) bond motifs is 1. The highest BCUT2D eigenvalue weighted by Gasteiger charge is 2.28. The van der Waals surface area contributed by atoms with Gasteiger partial charge in [0.15, 0.2) is 0 Å². The van der Waals surface area contributed by atoms with Gasteiger partial charge in [-0.05, 0) is 24.5 Å². The summed E-state index contributed by atoms with van der Waals surface area (Å²) in [6.45, 7) is 2.19. The molecule has 0 amide bonds. The van der Waals surface area contributed by atoms with Crippen LogP contribution in [0.15, 0.2) is 36.3 Å². The first-order chi connectivity index (χ1) is 7.40. The lowest BCUT2D eigenvalue weighted by atomic mass is 9.90. The Morgan fingerprint density at radius 3 is 2.47 bits per heavy atom. The summed E-state index contributed by atoms with van der Waals surface area (Å²) in [5, 5.41) is 0. The Bertz CT molecular complexity index is 324. The SMILES string of the molecule is CCCC/C=C\B1Oc2ccccc2O1. The van der Waals surface area contributed by atoms with Gasteiger partial charge in [0.1, 0.15) is 11.5 Å². The molecule has 0 fully saturated rings. The van der Waals surface area contributed by atoms with Crippen molar-refractivity contribution in [2.75, 3.05) is 0 Å². The van der Waals surface area contributed by atoms with Gasteiger partial charge in [0, 0.05) is 0 Å². The van der Waals surface area contributed by atoms with Gasteiger partial charge in [-0.3, -0.25) is 0 Å². The highest BCUT2D eigenvalue weighted by atomic mass is 16.6. The predicted octanol–water partition coefficient (Wildman–Crippen LogP) is 3.23. The van der Waals surface area contributed by atoms with Crippen molar-refractivity contribution in [2.45, 2.75) is 26.2 Å². The van der Waals surface area contributed by atoms with E-state index in [0.717, 1.165) is 17.9 Å². The third-order valence-corrected chi connectivity index (χ3v) is 2.35. The summed E-state index contributed by atoms with van der Waals surface area (Å²) in [7, 11) is -0.237. The van der Waals surface area contributed by atoms with Gasteiger partial charge in [-0.25, -0.2) is 0 Å². The van der Waals surface area contributed by atoms with Crippen LogP contribution in [0, 0.1) is 0 Å². The van der Waals surface area contributed by atoms with Crippen molar-refractivity contribution in [3.63, 3.8) is 0 Å². The number of benzene rings is 1. The van der Waals surface area contributed by atoms with Crippen LogP contribution in [0.2, 0.25) is 0 Å². The zero-order valence-corrected chi connectivity index (χ0v) is 8.98. The molecule has 0 radical (unpaired) electrons. The molecule has 1 aliphatic rings. The van der Waals surface area contributed by atoms with Crippen molar-refractivity contribution in [1.29, 1.82) is 0 Å². The third kappa shape index (κ3) is 2.55. The molecule has 0 atom stereocenters. The average molecular weight is 202 g/mol. The first kappa shape index (κ1) is 10.2. The second kappa shape index (κ2) is 4.92. The van der Waals surface area contributed by atoms with Crippen LogP contribution < -0.4 is 9.31 Å². The summed E-state index contributed by atoms with van der Waals surface area (Å²) in [5.74, 6) is 3.65. The standard InChI is InChI=1S/C12H15BO2/c1-2-3-4-7-10-13-14-11-8-5-6-9-12(11)15-13/h5-10H,2-4H2,1H3/b10-7-. The second-order valence-electron chi connectivity index (χ2n) is 3.62. The van der Waals surface area contributed by atoms with E-state index in [2.05, 4.69) is 13.0 Å². The van der Waals surface area contributed by atoms with Crippen molar-refractivity contribution in [3.05, 3.63) is 36.3 Å². The number of unbranched alkanes of at least 4 members (excludes halogenated alkanes) is 2. The fourth-order valence-corrected chi connectivity index (χ4v) is 1.53. The molecule has 0 bridgehead atoms. The predicted molar refractivity (Wildman–Crippen MR) is 62.1 cm³/mol. The Kier molecular flexibility index (Phi) is 3.33. The lowest BCUT2D eigenvalue weighted by Crippen LogP contribution is -2.21. The molecule has 0 spiro atoms. The first-order valence-corrected chi connectivity index (χ1v) is 5.49. The lowest BCUT2D eigenvalue weighted by Gasteiger charge is -1.97. The van der Waals surface area contributed by atoms with Crippen molar-refractivity contribution in [3.8, 4) is 11.5 Å². The van der Waals surface area contributed by atoms with Crippen LogP contribution in [0.25, 0.3) is 0 Å². The molecule has 1 aliphatic heterocycles. The van der Waals surface area contributed by atoms with E-state index < -0.39 is 0 Å². The summed E-state index contributed by atoms with van der Waals surface area (Å²) in [5.41, 5.74) is 0. The smallest absolute Gasteiger partial charge is 0.520 e. The van der Waals surface area contributed by atoms with Gasteiger partial charge in [0.05, 0.1) is 0 Å². The van der Waals surface area contributed by atoms with Crippen molar-refractivity contribution in [2.24, 2.45) is 0 Å². The Labute approximate surface area is 91.0 Å². The molecule has 15 heavy (non-hydrogen) atoms. The van der Waals surface area contributed by atoms with Gasteiger partial charge in [-0.1, -0.05) is 38.0 Å². The number of hydrogen-bond acceptors (Lipinski definition) is 2. The molecule has 78 valence electrons. The minimum atomic E-state index is -0.237. The van der Waals surface area contributed by atoms with Gasteiger partial charge >= 0.3 is 7.12 Å². The van der Waals surface area contributed by atoms with Crippen LogP contribution in [-0.4, -0.2) is 7.12 Å². The third-order valence-electron chi connectivity index (χ3n) is 2.35. The van der Waals surface area contributed by atoms with Crippen LogP contribution in [-0.2, 0) is 0 Å². The maximum absolute atomic E-state index is 5.58. The van der Waals surface area contributed by atoms with Crippen LogP contribution in [0.1, 0.15) is 26.2 Å². The zero-order valence-electron chi connectivity index (χ0n) is 8.98. The molecular weight excluding hydrogens is 187 g/mol. The molecule has 3 heteroatoms. The molecular formula is C12H15BO2. The van der Waals surface area contributed by atoms with Crippen molar-refractivity contribution in [1.82, 2.24) is 0 Å². The van der Waals surface area contributed by atoms with E-state index in [-0.39, 0.29) is 7.12 Å². The van der Waals surface area contributed by atoms with E-state index in [1.54, 1.807) is 0 Å². The molecule has 0 N–H and O–H groups in total. The molecule has 1 aromatic carbocycles. The van der Waals surface area contributed by atoms with Gasteiger partial charge in [-0.2, -0.15) is 0 Å². The Morgan fingerprint density at radius 1 is 1.20 bits per heavy atom. The van der Waals surface area contributed by atoms with Crippen LogP contribution in [0.3, 0.4) is 0 Å². The van der Waals surface area contributed by atoms with E-state index in [1.165, 1.54) is 12.8 Å². The van der Waals surface area contributed by atoms with E-state index in [0.29, 0.717) is 0 Å². The van der Waals surface area contributed by atoms with Gasteiger partial charge < -0.3 is 9.31 Å². The van der Waals surface area contributed by atoms with Gasteiger partial charge in [-0.15, -0.1) is 0 Å². The number of hydrogen-bond donors (Lipinski definition) is 0. The summed E-state index contributed by atoms with van der Waals surface area (Å²) in [6, 6.07) is 7.75. The maximum atomic E-state index is 5.58. The molecule has 2 rings (SSSR count). The highest BCUT2D eigenvalue weighted by molar-refractivity contribution is 6.53. The summed E-state index contributed by atoms with van der Waals surface area (Å²) >= 11 is 0. The molecule has 1 aromatic rings. The summed E-state index contributed by atoms with van der Waals surface area (Å²) in [6.07, 6.45) is 5.66. The molecule has 0 unspecified atom stereocenters. The van der Waals surface area contributed by atoms with Gasteiger partial charge in [0.25, 0.3) is 0 Å². The Hall–Kier alpha value is -1.38. The molecule has 0 saturated carbocycles. The monoisotopic (exact) mass is 202 g/mol. The molecule has 0 aromatic heterocycles. The molecule has 0 aliphatic carbocycles.